The molecule has 15 heavy (non-hydrogen) atoms. The largest absolute Gasteiger partial charge is 0.378 e. The molecule has 0 atom stereocenters. The average molecular weight is 210 g/mol. The van der Waals surface area contributed by atoms with Crippen molar-refractivity contribution in [2.45, 2.75) is 57.5 Å². The minimum absolute atomic E-state index is 0.316. The van der Waals surface area contributed by atoms with Crippen molar-refractivity contribution in [1.82, 2.24) is 0 Å². The van der Waals surface area contributed by atoms with Crippen molar-refractivity contribution in [3.05, 3.63) is 0 Å². The Hall–Kier alpha value is -0.370. The summed E-state index contributed by atoms with van der Waals surface area (Å²) in [5.41, 5.74) is 0. The van der Waals surface area contributed by atoms with Gasteiger partial charge in [0.2, 0.25) is 0 Å². The standard InChI is InChI=1S/C13H22O2/c14-9-11-5-7-13(8-6-11)15-10-12-3-1-2-4-12/h9,11-13H,1-8,10H2/t11-,13-. The Labute approximate surface area is 92.4 Å². The van der Waals surface area contributed by atoms with Crippen LogP contribution >= 0.6 is 0 Å². The van der Waals surface area contributed by atoms with Crippen molar-refractivity contribution >= 4 is 6.29 Å². The van der Waals surface area contributed by atoms with E-state index in [1.807, 2.05) is 0 Å². The molecule has 2 aliphatic rings. The lowest BCUT2D eigenvalue weighted by Crippen LogP contribution is -2.24. The Kier molecular flexibility index (Phi) is 4.18. The first-order valence-corrected chi connectivity index (χ1v) is 6.45. The topological polar surface area (TPSA) is 26.3 Å². The first-order chi connectivity index (χ1) is 7.38. The Morgan fingerprint density at radius 1 is 1.00 bits per heavy atom. The molecule has 0 aliphatic heterocycles. The summed E-state index contributed by atoms with van der Waals surface area (Å²) < 4.78 is 5.94. The van der Waals surface area contributed by atoms with E-state index in [1.54, 1.807) is 0 Å². The highest BCUT2D eigenvalue weighted by atomic mass is 16.5. The molecule has 0 N–H and O–H groups in total. The van der Waals surface area contributed by atoms with Crippen LogP contribution in [0.25, 0.3) is 0 Å². The van der Waals surface area contributed by atoms with Crippen LogP contribution in [0, 0.1) is 11.8 Å². The van der Waals surface area contributed by atoms with Gasteiger partial charge in [-0.3, -0.25) is 0 Å². The van der Waals surface area contributed by atoms with E-state index >= 15 is 0 Å². The molecular formula is C13H22O2. The van der Waals surface area contributed by atoms with Crippen molar-refractivity contribution in [3.8, 4) is 0 Å². The van der Waals surface area contributed by atoms with E-state index in [-0.39, 0.29) is 0 Å². The normalized spacial score (nSPS) is 33.1. The van der Waals surface area contributed by atoms with Gasteiger partial charge in [-0.2, -0.15) is 0 Å². The molecule has 0 heterocycles. The van der Waals surface area contributed by atoms with E-state index in [0.717, 1.165) is 44.5 Å². The minimum Gasteiger partial charge on any atom is -0.378 e. The summed E-state index contributed by atoms with van der Waals surface area (Å²) >= 11 is 0. The second-order valence-corrected chi connectivity index (χ2v) is 5.16. The Morgan fingerprint density at radius 3 is 2.27 bits per heavy atom. The van der Waals surface area contributed by atoms with Crippen molar-refractivity contribution < 1.29 is 9.53 Å². The molecule has 2 aliphatic carbocycles. The van der Waals surface area contributed by atoms with Crippen molar-refractivity contribution in [2.75, 3.05) is 6.61 Å². The van der Waals surface area contributed by atoms with Crippen LogP contribution in [0.5, 0.6) is 0 Å². The van der Waals surface area contributed by atoms with Gasteiger partial charge in [-0.15, -0.1) is 0 Å². The van der Waals surface area contributed by atoms with Crippen LogP contribution < -0.4 is 0 Å². The molecule has 0 aromatic rings. The smallest absolute Gasteiger partial charge is 0.123 e. The molecule has 2 fully saturated rings. The highest BCUT2D eigenvalue weighted by Crippen LogP contribution is 2.28. The van der Waals surface area contributed by atoms with Gasteiger partial charge >= 0.3 is 0 Å². The van der Waals surface area contributed by atoms with E-state index in [2.05, 4.69) is 0 Å². The van der Waals surface area contributed by atoms with Crippen LogP contribution in [-0.2, 0) is 9.53 Å². The molecule has 0 amide bonds. The van der Waals surface area contributed by atoms with Crippen LogP contribution in [-0.4, -0.2) is 19.0 Å². The first-order valence-electron chi connectivity index (χ1n) is 6.45. The second-order valence-electron chi connectivity index (χ2n) is 5.16. The molecule has 86 valence electrons. The van der Waals surface area contributed by atoms with Crippen LogP contribution in [0.2, 0.25) is 0 Å². The third kappa shape index (κ3) is 3.30. The second kappa shape index (κ2) is 5.64. The van der Waals surface area contributed by atoms with Crippen molar-refractivity contribution in [1.29, 1.82) is 0 Å². The lowest BCUT2D eigenvalue weighted by atomic mass is 9.88. The zero-order valence-corrected chi connectivity index (χ0v) is 9.49. The van der Waals surface area contributed by atoms with Crippen LogP contribution in [0.15, 0.2) is 0 Å². The van der Waals surface area contributed by atoms with Gasteiger partial charge in [0, 0.05) is 12.5 Å². The lowest BCUT2D eigenvalue weighted by Gasteiger charge is -2.26. The maximum absolute atomic E-state index is 10.6. The van der Waals surface area contributed by atoms with Gasteiger partial charge in [-0.05, 0) is 44.4 Å². The van der Waals surface area contributed by atoms with E-state index in [1.165, 1.54) is 25.7 Å². The first kappa shape index (κ1) is 11.1. The van der Waals surface area contributed by atoms with E-state index < -0.39 is 0 Å². The lowest BCUT2D eigenvalue weighted by molar-refractivity contribution is -0.113. The maximum Gasteiger partial charge on any atom is 0.123 e. The quantitative estimate of drug-likeness (QED) is 0.667. The Morgan fingerprint density at radius 2 is 1.67 bits per heavy atom. The number of rotatable bonds is 4. The van der Waals surface area contributed by atoms with Gasteiger partial charge in [-0.1, -0.05) is 12.8 Å². The fourth-order valence-electron chi connectivity index (χ4n) is 2.84. The number of carbonyl (C=O) groups excluding carboxylic acids is 1. The molecule has 0 saturated heterocycles. The SMILES string of the molecule is O=C[C@H]1CC[C@H](OCC2CCCC2)CC1. The zero-order valence-electron chi connectivity index (χ0n) is 9.49. The molecular weight excluding hydrogens is 188 g/mol. The Bertz CT molecular complexity index is 189. The number of ether oxygens (including phenoxy) is 1. The zero-order chi connectivity index (χ0) is 10.5. The van der Waals surface area contributed by atoms with Crippen molar-refractivity contribution in [2.24, 2.45) is 11.8 Å². The number of hydrogen-bond donors (Lipinski definition) is 0. The summed E-state index contributed by atoms with van der Waals surface area (Å²) in [6.07, 6.45) is 11.4. The number of carbonyl (C=O) groups is 1. The maximum atomic E-state index is 10.6. The highest BCUT2D eigenvalue weighted by molar-refractivity contribution is 5.53. The Balaban J connectivity index is 1.61. The molecule has 0 bridgehead atoms. The molecule has 2 heteroatoms. The van der Waals surface area contributed by atoms with Gasteiger partial charge in [0.05, 0.1) is 6.10 Å². The number of aldehydes is 1. The summed E-state index contributed by atoms with van der Waals surface area (Å²) in [5, 5.41) is 0. The molecule has 0 radical (unpaired) electrons. The fourth-order valence-corrected chi connectivity index (χ4v) is 2.84. The molecule has 2 nitrogen and oxygen atoms in total. The predicted molar refractivity (Wildman–Crippen MR) is 59.7 cm³/mol. The average Bonchev–Trinajstić information content (AvgIpc) is 2.80. The summed E-state index contributed by atoms with van der Waals surface area (Å²) in [7, 11) is 0. The molecule has 0 aromatic carbocycles. The monoisotopic (exact) mass is 210 g/mol. The third-order valence-electron chi connectivity index (χ3n) is 3.95. The van der Waals surface area contributed by atoms with E-state index in [4.69, 9.17) is 4.74 Å². The molecule has 2 rings (SSSR count). The molecule has 0 spiro atoms. The highest BCUT2D eigenvalue weighted by Gasteiger charge is 2.23. The summed E-state index contributed by atoms with van der Waals surface area (Å²) in [6.45, 7) is 0.969. The van der Waals surface area contributed by atoms with Gasteiger partial charge in [0.1, 0.15) is 6.29 Å². The van der Waals surface area contributed by atoms with Crippen molar-refractivity contribution in [3.63, 3.8) is 0 Å². The molecule has 0 unspecified atom stereocenters. The van der Waals surface area contributed by atoms with Gasteiger partial charge < -0.3 is 9.53 Å². The van der Waals surface area contributed by atoms with Crippen LogP contribution in [0.1, 0.15) is 51.4 Å². The summed E-state index contributed by atoms with van der Waals surface area (Å²) in [4.78, 5) is 10.6. The minimum atomic E-state index is 0.316. The number of hydrogen-bond acceptors (Lipinski definition) is 2. The predicted octanol–water partition coefficient (Wildman–Crippen LogP) is 2.95. The third-order valence-corrected chi connectivity index (χ3v) is 3.95. The van der Waals surface area contributed by atoms with Gasteiger partial charge in [0.15, 0.2) is 0 Å². The van der Waals surface area contributed by atoms with Crippen LogP contribution in [0.3, 0.4) is 0 Å². The fraction of sp³-hybridized carbons (Fsp3) is 0.923. The molecule has 2 saturated carbocycles. The summed E-state index contributed by atoms with van der Waals surface area (Å²) in [5.74, 6) is 1.14. The summed E-state index contributed by atoms with van der Waals surface area (Å²) in [6, 6.07) is 0. The molecule has 0 aromatic heterocycles. The van der Waals surface area contributed by atoms with E-state index in [9.17, 15) is 4.79 Å². The van der Waals surface area contributed by atoms with Crippen LogP contribution in [0.4, 0.5) is 0 Å². The van der Waals surface area contributed by atoms with Gasteiger partial charge in [-0.25, -0.2) is 0 Å². The van der Waals surface area contributed by atoms with Gasteiger partial charge in [0.25, 0.3) is 0 Å². The van der Waals surface area contributed by atoms with E-state index in [0.29, 0.717) is 12.0 Å².